The van der Waals surface area contributed by atoms with E-state index in [1.807, 2.05) is 6.92 Å². The summed E-state index contributed by atoms with van der Waals surface area (Å²) in [5, 5.41) is 0. The highest BCUT2D eigenvalue weighted by Crippen LogP contribution is 2.19. The fourth-order valence-corrected chi connectivity index (χ4v) is 2.12. The lowest BCUT2D eigenvalue weighted by Gasteiger charge is -2.13. The van der Waals surface area contributed by atoms with Crippen LogP contribution in [0.4, 0.5) is 0 Å². The van der Waals surface area contributed by atoms with E-state index in [9.17, 15) is 0 Å². The van der Waals surface area contributed by atoms with Gasteiger partial charge in [-0.3, -0.25) is 9.97 Å². The minimum Gasteiger partial charge on any atom is -0.319 e. The average Bonchev–Trinajstić information content (AvgIpc) is 2.38. The fraction of sp³-hybridized carbons (Fsp3) is 0.375. The molecular formula is C16H21N3. The van der Waals surface area contributed by atoms with Gasteiger partial charge in [-0.05, 0) is 30.4 Å². The van der Waals surface area contributed by atoms with Crippen molar-refractivity contribution in [3.8, 4) is 0 Å². The Kier molecular flexibility index (Phi) is 4.27. The molecule has 0 amide bonds. The minimum atomic E-state index is -0.208. The lowest BCUT2D eigenvalue weighted by atomic mass is 9.97. The smallest absolute Gasteiger partial charge is 0.0799 e. The van der Waals surface area contributed by atoms with Crippen molar-refractivity contribution < 1.29 is 0 Å². The van der Waals surface area contributed by atoms with Crippen LogP contribution in [-0.4, -0.2) is 9.97 Å². The number of benzene rings is 1. The third-order valence-electron chi connectivity index (χ3n) is 3.07. The molecule has 19 heavy (non-hydrogen) atoms. The topological polar surface area (TPSA) is 51.8 Å². The number of hydrogen-bond acceptors (Lipinski definition) is 3. The van der Waals surface area contributed by atoms with Crippen molar-refractivity contribution in [2.24, 2.45) is 11.7 Å². The van der Waals surface area contributed by atoms with Crippen LogP contribution in [0, 0.1) is 12.8 Å². The SMILES string of the molecule is Cc1cnc(C(N)c2cccc(CC(C)C)c2)cn1. The zero-order valence-electron chi connectivity index (χ0n) is 11.8. The standard InChI is InChI=1S/C16H21N3/c1-11(2)7-13-5-4-6-14(8-13)16(17)15-10-18-12(3)9-19-15/h4-6,8-11,16H,7,17H2,1-3H3. The molecule has 2 rings (SSSR count). The average molecular weight is 255 g/mol. The summed E-state index contributed by atoms with van der Waals surface area (Å²) in [4.78, 5) is 8.61. The Labute approximate surface area is 114 Å². The zero-order chi connectivity index (χ0) is 13.8. The molecule has 0 spiro atoms. The maximum absolute atomic E-state index is 6.26. The van der Waals surface area contributed by atoms with Crippen molar-refractivity contribution in [2.45, 2.75) is 33.2 Å². The fourth-order valence-electron chi connectivity index (χ4n) is 2.12. The van der Waals surface area contributed by atoms with Gasteiger partial charge in [0, 0.05) is 6.20 Å². The molecule has 0 aliphatic rings. The van der Waals surface area contributed by atoms with Crippen molar-refractivity contribution in [2.75, 3.05) is 0 Å². The van der Waals surface area contributed by atoms with E-state index in [1.165, 1.54) is 5.56 Å². The van der Waals surface area contributed by atoms with Crippen LogP contribution in [-0.2, 0) is 6.42 Å². The van der Waals surface area contributed by atoms with E-state index in [4.69, 9.17) is 5.73 Å². The highest BCUT2D eigenvalue weighted by molar-refractivity contribution is 5.30. The van der Waals surface area contributed by atoms with Gasteiger partial charge in [-0.2, -0.15) is 0 Å². The Hall–Kier alpha value is -1.74. The number of hydrogen-bond donors (Lipinski definition) is 1. The predicted molar refractivity (Wildman–Crippen MR) is 77.8 cm³/mol. The van der Waals surface area contributed by atoms with Gasteiger partial charge in [-0.1, -0.05) is 38.1 Å². The Morgan fingerprint density at radius 2 is 1.95 bits per heavy atom. The number of aryl methyl sites for hydroxylation is 1. The van der Waals surface area contributed by atoms with Crippen molar-refractivity contribution in [1.82, 2.24) is 9.97 Å². The van der Waals surface area contributed by atoms with E-state index in [-0.39, 0.29) is 6.04 Å². The van der Waals surface area contributed by atoms with E-state index in [2.05, 4.69) is 48.1 Å². The molecule has 1 aromatic heterocycles. The lowest BCUT2D eigenvalue weighted by molar-refractivity contribution is 0.646. The molecule has 0 bridgehead atoms. The normalized spacial score (nSPS) is 12.7. The molecule has 0 radical (unpaired) electrons. The molecular weight excluding hydrogens is 234 g/mol. The quantitative estimate of drug-likeness (QED) is 0.913. The van der Waals surface area contributed by atoms with E-state index in [0.717, 1.165) is 23.4 Å². The van der Waals surface area contributed by atoms with Gasteiger partial charge in [0.05, 0.1) is 23.6 Å². The van der Waals surface area contributed by atoms with Gasteiger partial charge in [0.15, 0.2) is 0 Å². The monoisotopic (exact) mass is 255 g/mol. The molecule has 0 saturated heterocycles. The van der Waals surface area contributed by atoms with E-state index in [1.54, 1.807) is 12.4 Å². The van der Waals surface area contributed by atoms with E-state index < -0.39 is 0 Å². The van der Waals surface area contributed by atoms with Crippen LogP contribution in [0.5, 0.6) is 0 Å². The Morgan fingerprint density at radius 1 is 1.16 bits per heavy atom. The highest BCUT2D eigenvalue weighted by atomic mass is 14.8. The molecule has 1 aromatic carbocycles. The first-order valence-corrected chi connectivity index (χ1v) is 6.69. The molecule has 100 valence electrons. The molecule has 3 heteroatoms. The summed E-state index contributed by atoms with van der Waals surface area (Å²) in [6.07, 6.45) is 4.59. The summed E-state index contributed by atoms with van der Waals surface area (Å²) in [6.45, 7) is 6.36. The highest BCUT2D eigenvalue weighted by Gasteiger charge is 2.11. The van der Waals surface area contributed by atoms with Gasteiger partial charge in [-0.15, -0.1) is 0 Å². The summed E-state index contributed by atoms with van der Waals surface area (Å²) in [7, 11) is 0. The van der Waals surface area contributed by atoms with E-state index in [0.29, 0.717) is 5.92 Å². The van der Waals surface area contributed by atoms with Crippen LogP contribution >= 0.6 is 0 Å². The van der Waals surface area contributed by atoms with Gasteiger partial charge in [0.1, 0.15) is 0 Å². The van der Waals surface area contributed by atoms with Gasteiger partial charge < -0.3 is 5.73 Å². The number of rotatable bonds is 4. The summed E-state index contributed by atoms with van der Waals surface area (Å²) in [5.41, 5.74) is 10.4. The Balaban J connectivity index is 2.23. The first-order chi connectivity index (χ1) is 9.06. The van der Waals surface area contributed by atoms with Crippen LogP contribution in [0.25, 0.3) is 0 Å². The zero-order valence-corrected chi connectivity index (χ0v) is 11.8. The molecule has 3 nitrogen and oxygen atoms in total. The molecule has 1 heterocycles. The second kappa shape index (κ2) is 5.93. The van der Waals surface area contributed by atoms with Crippen LogP contribution in [0.2, 0.25) is 0 Å². The minimum absolute atomic E-state index is 0.208. The van der Waals surface area contributed by atoms with Crippen LogP contribution in [0.3, 0.4) is 0 Å². The molecule has 2 N–H and O–H groups in total. The Morgan fingerprint density at radius 3 is 2.58 bits per heavy atom. The van der Waals surface area contributed by atoms with Crippen molar-refractivity contribution >= 4 is 0 Å². The van der Waals surface area contributed by atoms with Gasteiger partial charge >= 0.3 is 0 Å². The molecule has 1 atom stereocenters. The lowest BCUT2D eigenvalue weighted by Crippen LogP contribution is -2.14. The first kappa shape index (κ1) is 13.7. The maximum Gasteiger partial charge on any atom is 0.0799 e. The second-order valence-corrected chi connectivity index (χ2v) is 5.40. The van der Waals surface area contributed by atoms with E-state index >= 15 is 0 Å². The maximum atomic E-state index is 6.26. The largest absolute Gasteiger partial charge is 0.319 e. The molecule has 0 fully saturated rings. The molecule has 1 unspecified atom stereocenters. The predicted octanol–water partition coefficient (Wildman–Crippen LogP) is 3.03. The second-order valence-electron chi connectivity index (χ2n) is 5.40. The third kappa shape index (κ3) is 3.61. The summed E-state index contributed by atoms with van der Waals surface area (Å²) in [5.74, 6) is 0.644. The number of nitrogens with two attached hydrogens (primary N) is 1. The van der Waals surface area contributed by atoms with Crippen molar-refractivity contribution in [3.05, 3.63) is 59.2 Å². The van der Waals surface area contributed by atoms with Gasteiger partial charge in [-0.25, -0.2) is 0 Å². The third-order valence-corrected chi connectivity index (χ3v) is 3.07. The van der Waals surface area contributed by atoms with Crippen LogP contribution in [0.1, 0.15) is 42.4 Å². The molecule has 0 saturated carbocycles. The summed E-state index contributed by atoms with van der Waals surface area (Å²) in [6, 6.07) is 8.23. The molecule has 2 aromatic rings. The van der Waals surface area contributed by atoms with Crippen molar-refractivity contribution in [1.29, 1.82) is 0 Å². The Bertz CT molecular complexity index is 532. The van der Waals surface area contributed by atoms with Crippen LogP contribution in [0.15, 0.2) is 36.7 Å². The first-order valence-electron chi connectivity index (χ1n) is 6.69. The van der Waals surface area contributed by atoms with Crippen LogP contribution < -0.4 is 5.73 Å². The number of aromatic nitrogens is 2. The van der Waals surface area contributed by atoms with Crippen molar-refractivity contribution in [3.63, 3.8) is 0 Å². The van der Waals surface area contributed by atoms with Gasteiger partial charge in [0.25, 0.3) is 0 Å². The molecule has 0 aliphatic heterocycles. The number of nitrogens with zero attached hydrogens (tertiary/aromatic N) is 2. The van der Waals surface area contributed by atoms with Gasteiger partial charge in [0.2, 0.25) is 0 Å². The molecule has 0 aliphatic carbocycles. The summed E-state index contributed by atoms with van der Waals surface area (Å²) >= 11 is 0. The summed E-state index contributed by atoms with van der Waals surface area (Å²) < 4.78 is 0.